The molecule has 2 heterocycles. The molecule has 0 aromatic carbocycles. The van der Waals surface area contributed by atoms with Gasteiger partial charge in [0.1, 0.15) is 0 Å². The molecule has 0 spiro atoms. The molecule has 2 unspecified atom stereocenters. The van der Waals surface area contributed by atoms with Gasteiger partial charge in [0.25, 0.3) is 0 Å². The molecule has 1 aromatic rings. The van der Waals surface area contributed by atoms with Crippen LogP contribution < -0.4 is 4.90 Å². The van der Waals surface area contributed by atoms with E-state index >= 15 is 0 Å². The van der Waals surface area contributed by atoms with Gasteiger partial charge in [0, 0.05) is 19.1 Å². The molecular weight excluding hydrogens is 232 g/mol. The number of nitrogens with zero attached hydrogens (tertiary/aromatic N) is 3. The third-order valence-electron chi connectivity index (χ3n) is 3.82. The van der Waals surface area contributed by atoms with Gasteiger partial charge in [-0.3, -0.25) is 4.57 Å². The smallest absolute Gasteiger partial charge is 0.225 e. The van der Waals surface area contributed by atoms with Gasteiger partial charge in [-0.15, -0.1) is 5.10 Å². The average Bonchev–Trinajstić information content (AvgIpc) is 2.66. The van der Waals surface area contributed by atoms with Crippen molar-refractivity contribution in [2.24, 2.45) is 5.92 Å². The van der Waals surface area contributed by atoms with E-state index in [0.29, 0.717) is 6.04 Å². The summed E-state index contributed by atoms with van der Waals surface area (Å²) in [6.45, 7) is 8.82. The van der Waals surface area contributed by atoms with Crippen LogP contribution in [-0.2, 0) is 6.54 Å². The number of aromatic nitrogens is 3. The summed E-state index contributed by atoms with van der Waals surface area (Å²) in [5, 5.41) is 7.34. The van der Waals surface area contributed by atoms with Crippen LogP contribution in [0.3, 0.4) is 0 Å². The largest absolute Gasteiger partial charge is 0.338 e. The van der Waals surface area contributed by atoms with Gasteiger partial charge < -0.3 is 4.90 Å². The van der Waals surface area contributed by atoms with E-state index in [0.717, 1.165) is 36.1 Å². The maximum Gasteiger partial charge on any atom is 0.225 e. The molecular formula is C12H22N4S. The molecule has 4 nitrogen and oxygen atoms in total. The van der Waals surface area contributed by atoms with E-state index in [1.54, 1.807) is 0 Å². The molecule has 1 N–H and O–H groups in total. The second-order valence-corrected chi connectivity index (χ2v) is 5.42. The summed E-state index contributed by atoms with van der Waals surface area (Å²) in [4.78, 5) is 2.40. The number of anilines is 1. The van der Waals surface area contributed by atoms with Gasteiger partial charge in [0.15, 0.2) is 4.77 Å². The van der Waals surface area contributed by atoms with Crippen molar-refractivity contribution in [3.8, 4) is 0 Å². The van der Waals surface area contributed by atoms with E-state index < -0.39 is 0 Å². The quantitative estimate of drug-likeness (QED) is 0.843. The fourth-order valence-electron chi connectivity index (χ4n) is 2.57. The summed E-state index contributed by atoms with van der Waals surface area (Å²) >= 11 is 5.29. The number of hydrogen-bond acceptors (Lipinski definition) is 3. The number of rotatable bonds is 3. The molecule has 1 fully saturated rings. The van der Waals surface area contributed by atoms with Gasteiger partial charge >= 0.3 is 0 Å². The van der Waals surface area contributed by atoms with Crippen molar-refractivity contribution < 1.29 is 0 Å². The molecule has 0 bridgehead atoms. The molecule has 0 amide bonds. The van der Waals surface area contributed by atoms with E-state index in [1.165, 1.54) is 12.8 Å². The Labute approximate surface area is 108 Å². The van der Waals surface area contributed by atoms with Gasteiger partial charge in [0.05, 0.1) is 0 Å². The van der Waals surface area contributed by atoms with E-state index in [2.05, 4.69) is 40.4 Å². The van der Waals surface area contributed by atoms with Crippen LogP contribution in [-0.4, -0.2) is 27.4 Å². The third kappa shape index (κ3) is 2.39. The fraction of sp³-hybridized carbons (Fsp3) is 0.833. The van der Waals surface area contributed by atoms with Crippen molar-refractivity contribution in [2.45, 2.75) is 52.6 Å². The van der Waals surface area contributed by atoms with Crippen molar-refractivity contribution in [3.05, 3.63) is 4.77 Å². The van der Waals surface area contributed by atoms with Crippen molar-refractivity contribution in [2.75, 3.05) is 11.4 Å². The highest BCUT2D eigenvalue weighted by Crippen LogP contribution is 2.27. The van der Waals surface area contributed by atoms with Crippen LogP contribution in [0.1, 0.15) is 40.0 Å². The van der Waals surface area contributed by atoms with Crippen LogP contribution in [0.15, 0.2) is 0 Å². The third-order valence-corrected chi connectivity index (χ3v) is 4.13. The summed E-state index contributed by atoms with van der Waals surface area (Å²) in [5.74, 6) is 1.75. The van der Waals surface area contributed by atoms with Crippen LogP contribution in [0.25, 0.3) is 0 Å². The maximum absolute atomic E-state index is 5.29. The molecule has 2 rings (SSSR count). The SMILES string of the molecule is CCCn1c(N2CCCC(C)C2C)n[nH]c1=S. The first kappa shape index (κ1) is 12.6. The summed E-state index contributed by atoms with van der Waals surface area (Å²) in [7, 11) is 0. The molecule has 17 heavy (non-hydrogen) atoms. The lowest BCUT2D eigenvalue weighted by molar-refractivity contribution is 0.356. The second kappa shape index (κ2) is 5.21. The number of piperidine rings is 1. The Bertz CT molecular complexity index is 422. The van der Waals surface area contributed by atoms with Crippen molar-refractivity contribution in [1.29, 1.82) is 0 Å². The Balaban J connectivity index is 2.29. The monoisotopic (exact) mass is 254 g/mol. The van der Waals surface area contributed by atoms with E-state index in [4.69, 9.17) is 12.2 Å². The van der Waals surface area contributed by atoms with Gasteiger partial charge in [0.2, 0.25) is 5.95 Å². The van der Waals surface area contributed by atoms with Crippen LogP contribution in [0.4, 0.5) is 5.95 Å². The minimum atomic E-state index is 0.546. The highest BCUT2D eigenvalue weighted by molar-refractivity contribution is 7.71. The zero-order valence-electron chi connectivity index (χ0n) is 10.9. The number of aromatic amines is 1. The lowest BCUT2D eigenvalue weighted by Crippen LogP contribution is -2.43. The Morgan fingerprint density at radius 1 is 1.47 bits per heavy atom. The highest BCUT2D eigenvalue weighted by atomic mass is 32.1. The van der Waals surface area contributed by atoms with Crippen molar-refractivity contribution in [1.82, 2.24) is 14.8 Å². The second-order valence-electron chi connectivity index (χ2n) is 5.03. The zero-order valence-corrected chi connectivity index (χ0v) is 11.8. The Morgan fingerprint density at radius 2 is 2.24 bits per heavy atom. The summed E-state index contributed by atoms with van der Waals surface area (Å²) < 4.78 is 2.87. The molecule has 1 aromatic heterocycles. The predicted octanol–water partition coefficient (Wildman–Crippen LogP) is 2.98. The minimum absolute atomic E-state index is 0.546. The van der Waals surface area contributed by atoms with Gasteiger partial charge in [-0.2, -0.15) is 0 Å². The Hall–Kier alpha value is -0.840. The van der Waals surface area contributed by atoms with Crippen LogP contribution >= 0.6 is 12.2 Å². The normalized spacial score (nSPS) is 25.2. The van der Waals surface area contributed by atoms with Crippen molar-refractivity contribution >= 4 is 18.2 Å². The van der Waals surface area contributed by atoms with Crippen LogP contribution in [0.2, 0.25) is 0 Å². The standard InChI is InChI=1S/C12H22N4S/c1-4-7-16-11(13-14-12(16)17)15-8-5-6-9(2)10(15)3/h9-10H,4-8H2,1-3H3,(H,14,17). The molecule has 96 valence electrons. The first-order valence-corrected chi connectivity index (χ1v) is 6.97. The zero-order chi connectivity index (χ0) is 12.4. The summed E-state index contributed by atoms with van der Waals surface area (Å²) in [5.41, 5.74) is 0. The van der Waals surface area contributed by atoms with E-state index in [-0.39, 0.29) is 0 Å². The van der Waals surface area contributed by atoms with Gasteiger partial charge in [-0.1, -0.05) is 13.8 Å². The molecule has 0 saturated carbocycles. The predicted molar refractivity (Wildman–Crippen MR) is 72.9 cm³/mol. The topological polar surface area (TPSA) is 36.9 Å². The average molecular weight is 254 g/mol. The molecule has 1 aliphatic heterocycles. The molecule has 1 aliphatic rings. The minimum Gasteiger partial charge on any atom is -0.338 e. The fourth-order valence-corrected chi connectivity index (χ4v) is 2.79. The molecule has 0 aliphatic carbocycles. The lowest BCUT2D eigenvalue weighted by Gasteiger charge is -2.38. The molecule has 5 heteroatoms. The molecule has 0 radical (unpaired) electrons. The first-order valence-electron chi connectivity index (χ1n) is 6.57. The highest BCUT2D eigenvalue weighted by Gasteiger charge is 2.27. The van der Waals surface area contributed by atoms with E-state index in [9.17, 15) is 0 Å². The number of H-pyrrole nitrogens is 1. The van der Waals surface area contributed by atoms with Gasteiger partial charge in [-0.25, -0.2) is 5.10 Å². The summed E-state index contributed by atoms with van der Waals surface area (Å²) in [6, 6.07) is 0.546. The number of hydrogen-bond donors (Lipinski definition) is 1. The van der Waals surface area contributed by atoms with Crippen LogP contribution in [0.5, 0.6) is 0 Å². The summed E-state index contributed by atoms with van der Waals surface area (Å²) in [6.07, 6.45) is 3.65. The Morgan fingerprint density at radius 3 is 2.94 bits per heavy atom. The van der Waals surface area contributed by atoms with E-state index in [1.807, 2.05) is 0 Å². The molecule has 2 atom stereocenters. The Kier molecular flexibility index (Phi) is 3.86. The lowest BCUT2D eigenvalue weighted by atomic mass is 9.92. The number of nitrogens with one attached hydrogen (secondary N) is 1. The maximum atomic E-state index is 5.29. The van der Waals surface area contributed by atoms with Crippen LogP contribution in [0, 0.1) is 10.7 Å². The molecule has 1 saturated heterocycles. The van der Waals surface area contributed by atoms with Gasteiger partial charge in [-0.05, 0) is 44.3 Å². The first-order chi connectivity index (χ1) is 8.15. The van der Waals surface area contributed by atoms with Crippen molar-refractivity contribution in [3.63, 3.8) is 0 Å².